The minimum absolute atomic E-state index is 0.00498. The fourth-order valence-corrected chi connectivity index (χ4v) is 6.43. The third-order valence-electron chi connectivity index (χ3n) is 6.87. The van der Waals surface area contributed by atoms with Gasteiger partial charge in [-0.05, 0) is 84.3 Å². The molecule has 1 aliphatic rings. The highest BCUT2D eigenvalue weighted by molar-refractivity contribution is 7.92. The number of nitrogens with zero attached hydrogens (tertiary/aromatic N) is 2. The van der Waals surface area contributed by atoms with E-state index in [0.717, 1.165) is 40.7 Å². The van der Waals surface area contributed by atoms with E-state index in [2.05, 4.69) is 10.2 Å². The molecule has 0 spiro atoms. The van der Waals surface area contributed by atoms with Gasteiger partial charge in [0.15, 0.2) is 0 Å². The SMILES string of the molecule is Cc1cc(C)cc(N(CCC(=O)Nc2ccc(N3CCOCC3)cc2)S(=O)(=O)c2ccc3ccccc3c2)c1. The standard InChI is InChI=1S/C31H33N3O4S/c1-23-19-24(2)21-29(20-23)34(39(36,37)30-12-7-25-5-3-4-6-26(25)22-30)14-13-31(35)32-27-8-10-28(11-9-27)33-15-17-38-18-16-33/h3-12,19-22H,13-18H2,1-2H3,(H,32,35). The molecule has 0 bridgehead atoms. The molecule has 0 atom stereocenters. The summed E-state index contributed by atoms with van der Waals surface area (Å²) < 4.78 is 34.6. The van der Waals surface area contributed by atoms with Crippen molar-refractivity contribution in [2.75, 3.05) is 47.4 Å². The van der Waals surface area contributed by atoms with E-state index in [4.69, 9.17) is 4.74 Å². The molecule has 1 aliphatic heterocycles. The van der Waals surface area contributed by atoms with Crippen molar-refractivity contribution in [1.29, 1.82) is 0 Å². The Bertz CT molecular complexity index is 1560. The van der Waals surface area contributed by atoms with Crippen LogP contribution in [0.2, 0.25) is 0 Å². The van der Waals surface area contributed by atoms with Crippen molar-refractivity contribution in [1.82, 2.24) is 0 Å². The fourth-order valence-electron chi connectivity index (χ4n) is 4.94. The molecule has 0 aromatic heterocycles. The molecular formula is C31H33N3O4S. The van der Waals surface area contributed by atoms with E-state index in [1.807, 2.05) is 86.6 Å². The zero-order chi connectivity index (χ0) is 27.4. The lowest BCUT2D eigenvalue weighted by molar-refractivity contribution is -0.116. The molecule has 39 heavy (non-hydrogen) atoms. The van der Waals surface area contributed by atoms with Crippen LogP contribution >= 0.6 is 0 Å². The summed E-state index contributed by atoms with van der Waals surface area (Å²) in [5, 5.41) is 4.72. The van der Waals surface area contributed by atoms with Gasteiger partial charge in [0.1, 0.15) is 0 Å². The van der Waals surface area contributed by atoms with E-state index in [-0.39, 0.29) is 23.8 Å². The zero-order valence-corrected chi connectivity index (χ0v) is 23.1. The lowest BCUT2D eigenvalue weighted by Gasteiger charge is -2.29. The predicted molar refractivity (Wildman–Crippen MR) is 157 cm³/mol. The van der Waals surface area contributed by atoms with Crippen LogP contribution in [-0.2, 0) is 19.6 Å². The number of aryl methyl sites for hydroxylation is 2. The molecular weight excluding hydrogens is 510 g/mol. The van der Waals surface area contributed by atoms with E-state index < -0.39 is 10.0 Å². The fraction of sp³-hybridized carbons (Fsp3) is 0.258. The summed E-state index contributed by atoms with van der Waals surface area (Å²) in [7, 11) is -3.93. The Balaban J connectivity index is 1.35. The van der Waals surface area contributed by atoms with Gasteiger partial charge in [0, 0.05) is 37.4 Å². The summed E-state index contributed by atoms with van der Waals surface area (Å²) in [6, 6.07) is 26.2. The van der Waals surface area contributed by atoms with Crippen LogP contribution in [0.25, 0.3) is 10.8 Å². The van der Waals surface area contributed by atoms with Crippen LogP contribution in [0, 0.1) is 13.8 Å². The minimum atomic E-state index is -3.93. The Labute approximate surface area is 230 Å². The van der Waals surface area contributed by atoms with Crippen LogP contribution in [-0.4, -0.2) is 47.2 Å². The van der Waals surface area contributed by atoms with Crippen LogP contribution in [0.3, 0.4) is 0 Å². The van der Waals surface area contributed by atoms with E-state index in [0.29, 0.717) is 24.6 Å². The number of morpholine rings is 1. The molecule has 0 unspecified atom stereocenters. The molecule has 7 nitrogen and oxygen atoms in total. The van der Waals surface area contributed by atoms with E-state index >= 15 is 0 Å². The summed E-state index contributed by atoms with van der Waals surface area (Å²) in [6.07, 6.45) is 0.00498. The third kappa shape index (κ3) is 6.24. The number of carbonyl (C=O) groups is 1. The zero-order valence-electron chi connectivity index (χ0n) is 22.3. The summed E-state index contributed by atoms with van der Waals surface area (Å²) in [6.45, 7) is 6.97. The van der Waals surface area contributed by atoms with Crippen LogP contribution in [0.15, 0.2) is 89.8 Å². The molecule has 1 amide bonds. The first-order valence-corrected chi connectivity index (χ1v) is 14.6. The lowest BCUT2D eigenvalue weighted by atomic mass is 10.1. The number of ether oxygens (including phenoxy) is 1. The smallest absolute Gasteiger partial charge is 0.264 e. The lowest BCUT2D eigenvalue weighted by Crippen LogP contribution is -2.36. The third-order valence-corrected chi connectivity index (χ3v) is 8.70. The molecule has 0 aliphatic carbocycles. The van der Waals surface area contributed by atoms with Crippen molar-refractivity contribution in [3.05, 3.63) is 96.1 Å². The number of carbonyl (C=O) groups excluding carboxylic acids is 1. The molecule has 1 heterocycles. The summed E-state index contributed by atoms with van der Waals surface area (Å²) in [5.41, 5.74) is 4.21. The maximum Gasteiger partial charge on any atom is 0.264 e. The summed E-state index contributed by atoms with van der Waals surface area (Å²) in [4.78, 5) is 15.4. The van der Waals surface area contributed by atoms with Crippen LogP contribution < -0.4 is 14.5 Å². The van der Waals surface area contributed by atoms with Gasteiger partial charge in [-0.3, -0.25) is 9.10 Å². The van der Waals surface area contributed by atoms with Crippen molar-refractivity contribution >= 4 is 43.8 Å². The molecule has 0 radical (unpaired) electrons. The number of sulfonamides is 1. The molecule has 202 valence electrons. The van der Waals surface area contributed by atoms with Crippen molar-refractivity contribution in [2.24, 2.45) is 0 Å². The second kappa shape index (κ2) is 11.5. The van der Waals surface area contributed by atoms with E-state index in [1.54, 1.807) is 12.1 Å². The van der Waals surface area contributed by atoms with Crippen LogP contribution in [0.1, 0.15) is 17.5 Å². The summed E-state index contributed by atoms with van der Waals surface area (Å²) in [5.74, 6) is -0.253. The largest absolute Gasteiger partial charge is 0.378 e. The van der Waals surface area contributed by atoms with E-state index in [1.165, 1.54) is 4.31 Å². The van der Waals surface area contributed by atoms with Gasteiger partial charge in [0.2, 0.25) is 5.91 Å². The molecule has 1 N–H and O–H groups in total. The number of amides is 1. The Kier molecular flexibility index (Phi) is 7.86. The number of hydrogen-bond acceptors (Lipinski definition) is 5. The Morgan fingerprint density at radius 1 is 0.872 bits per heavy atom. The first-order valence-electron chi connectivity index (χ1n) is 13.1. The van der Waals surface area contributed by atoms with Gasteiger partial charge < -0.3 is 15.0 Å². The average molecular weight is 544 g/mol. The molecule has 4 aromatic carbocycles. The van der Waals surface area contributed by atoms with Gasteiger partial charge in [-0.25, -0.2) is 8.42 Å². The monoisotopic (exact) mass is 543 g/mol. The average Bonchev–Trinajstić information content (AvgIpc) is 2.93. The van der Waals surface area contributed by atoms with Gasteiger partial charge in [-0.15, -0.1) is 0 Å². The topological polar surface area (TPSA) is 79.0 Å². The second-order valence-electron chi connectivity index (χ2n) is 9.88. The normalized spacial score (nSPS) is 13.8. The Hall–Kier alpha value is -3.88. The van der Waals surface area contributed by atoms with Crippen LogP contribution in [0.4, 0.5) is 17.1 Å². The second-order valence-corrected chi connectivity index (χ2v) is 11.7. The number of anilines is 3. The van der Waals surface area contributed by atoms with E-state index in [9.17, 15) is 13.2 Å². The quantitative estimate of drug-likeness (QED) is 0.317. The van der Waals surface area contributed by atoms with Crippen LogP contribution in [0.5, 0.6) is 0 Å². The number of benzene rings is 4. The summed E-state index contributed by atoms with van der Waals surface area (Å²) >= 11 is 0. The molecule has 4 aromatic rings. The molecule has 1 saturated heterocycles. The number of rotatable bonds is 8. The van der Waals surface area contributed by atoms with Crippen molar-refractivity contribution < 1.29 is 17.9 Å². The van der Waals surface area contributed by atoms with Crippen molar-refractivity contribution in [2.45, 2.75) is 25.2 Å². The minimum Gasteiger partial charge on any atom is -0.378 e. The maximum atomic E-state index is 13.9. The van der Waals surface area contributed by atoms with Gasteiger partial charge in [0.05, 0.1) is 23.8 Å². The number of hydrogen-bond donors (Lipinski definition) is 1. The van der Waals surface area contributed by atoms with Crippen molar-refractivity contribution in [3.63, 3.8) is 0 Å². The molecule has 0 saturated carbocycles. The molecule has 1 fully saturated rings. The number of fused-ring (bicyclic) bond motifs is 1. The first kappa shape index (κ1) is 26.7. The Morgan fingerprint density at radius 3 is 2.23 bits per heavy atom. The van der Waals surface area contributed by atoms with Crippen molar-refractivity contribution in [3.8, 4) is 0 Å². The first-order chi connectivity index (χ1) is 18.8. The maximum absolute atomic E-state index is 13.9. The predicted octanol–water partition coefficient (Wildman–Crippen LogP) is 5.52. The number of nitrogens with one attached hydrogen (secondary N) is 1. The van der Waals surface area contributed by atoms with Gasteiger partial charge in [-0.1, -0.05) is 36.4 Å². The highest BCUT2D eigenvalue weighted by Gasteiger charge is 2.26. The highest BCUT2D eigenvalue weighted by atomic mass is 32.2. The van der Waals surface area contributed by atoms with Gasteiger partial charge in [0.25, 0.3) is 10.0 Å². The van der Waals surface area contributed by atoms with Gasteiger partial charge in [-0.2, -0.15) is 0 Å². The molecule has 5 rings (SSSR count). The Morgan fingerprint density at radius 2 is 1.54 bits per heavy atom. The van der Waals surface area contributed by atoms with Gasteiger partial charge >= 0.3 is 0 Å². The highest BCUT2D eigenvalue weighted by Crippen LogP contribution is 2.28. The molecule has 8 heteroatoms.